The van der Waals surface area contributed by atoms with Crippen LogP contribution in [0.4, 0.5) is 0 Å². The van der Waals surface area contributed by atoms with Crippen molar-refractivity contribution in [1.29, 1.82) is 0 Å². The molecule has 0 aliphatic heterocycles. The quantitative estimate of drug-likeness (QED) is 0.516. The number of carbonyl (C=O) groups is 2. The fourth-order valence-electron chi connectivity index (χ4n) is 3.02. The van der Waals surface area contributed by atoms with Crippen LogP contribution in [0.15, 0.2) is 24.3 Å². The predicted molar refractivity (Wildman–Crippen MR) is 100 cm³/mol. The molecule has 2 N–H and O–H groups in total. The van der Waals surface area contributed by atoms with E-state index in [1.165, 1.54) is 32.1 Å². The van der Waals surface area contributed by atoms with E-state index in [0.29, 0.717) is 25.1 Å². The highest BCUT2D eigenvalue weighted by Crippen LogP contribution is 2.27. The number of nitrogens with one attached hydrogen (secondary N) is 2. The Hall–Kier alpha value is -1.11. The Morgan fingerprint density at radius 2 is 1.74 bits per heavy atom. The van der Waals surface area contributed by atoms with Crippen LogP contribution in [-0.2, 0) is 4.79 Å². The van der Waals surface area contributed by atoms with E-state index in [4.69, 9.17) is 0 Å². The molecule has 1 fully saturated rings. The summed E-state index contributed by atoms with van der Waals surface area (Å²) in [7, 11) is 0. The molecule has 0 unspecified atom stereocenters. The molecule has 2 rings (SSSR count). The summed E-state index contributed by atoms with van der Waals surface area (Å²) in [5.74, 6) is 0.736. The van der Waals surface area contributed by atoms with Gasteiger partial charge in [-0.25, -0.2) is 0 Å². The Kier molecular flexibility index (Phi) is 7.85. The van der Waals surface area contributed by atoms with E-state index in [1.807, 2.05) is 18.2 Å². The van der Waals surface area contributed by atoms with Crippen molar-refractivity contribution < 1.29 is 9.59 Å². The second-order valence-electron chi connectivity index (χ2n) is 6.13. The van der Waals surface area contributed by atoms with E-state index in [1.54, 1.807) is 6.07 Å². The number of hydrogen-bond acceptors (Lipinski definition) is 2. The van der Waals surface area contributed by atoms with Gasteiger partial charge in [0.25, 0.3) is 5.91 Å². The standard InChI is InChI=1S/C18H25IN2O2/c19-16-9-5-4-8-15(16)18(23)21-13-12-20-17(22)11-10-14-6-2-1-3-7-14/h4-5,8-9,14H,1-3,6-7,10-13H2,(H,20,22)(H,21,23). The van der Waals surface area contributed by atoms with Crippen LogP contribution in [0.2, 0.25) is 0 Å². The first-order valence-corrected chi connectivity index (χ1v) is 9.54. The van der Waals surface area contributed by atoms with Gasteiger partial charge in [0.2, 0.25) is 5.91 Å². The number of amides is 2. The van der Waals surface area contributed by atoms with Crippen molar-refractivity contribution in [3.05, 3.63) is 33.4 Å². The highest BCUT2D eigenvalue weighted by molar-refractivity contribution is 14.1. The van der Waals surface area contributed by atoms with Gasteiger partial charge >= 0.3 is 0 Å². The van der Waals surface area contributed by atoms with Gasteiger partial charge in [0, 0.05) is 23.1 Å². The van der Waals surface area contributed by atoms with Crippen LogP contribution in [0.25, 0.3) is 0 Å². The summed E-state index contributed by atoms with van der Waals surface area (Å²) in [4.78, 5) is 23.8. The summed E-state index contributed by atoms with van der Waals surface area (Å²) in [6, 6.07) is 7.47. The van der Waals surface area contributed by atoms with Crippen LogP contribution in [0, 0.1) is 9.49 Å². The van der Waals surface area contributed by atoms with E-state index in [0.717, 1.165) is 15.9 Å². The minimum absolute atomic E-state index is 0.0912. The van der Waals surface area contributed by atoms with E-state index >= 15 is 0 Å². The van der Waals surface area contributed by atoms with Crippen molar-refractivity contribution in [2.45, 2.75) is 44.9 Å². The molecule has 5 heteroatoms. The van der Waals surface area contributed by atoms with E-state index < -0.39 is 0 Å². The molecule has 0 bridgehead atoms. The average Bonchev–Trinajstić information content (AvgIpc) is 2.58. The number of hydrogen-bond donors (Lipinski definition) is 2. The summed E-state index contributed by atoms with van der Waals surface area (Å²) in [5, 5.41) is 5.73. The highest BCUT2D eigenvalue weighted by Gasteiger charge is 2.14. The zero-order valence-electron chi connectivity index (χ0n) is 13.4. The minimum atomic E-state index is -0.0912. The first-order valence-electron chi connectivity index (χ1n) is 8.46. The molecule has 0 heterocycles. The molecule has 1 aliphatic carbocycles. The first-order chi connectivity index (χ1) is 11.2. The van der Waals surface area contributed by atoms with Crippen molar-refractivity contribution >= 4 is 34.4 Å². The largest absolute Gasteiger partial charge is 0.354 e. The van der Waals surface area contributed by atoms with Gasteiger partial charge in [-0.2, -0.15) is 0 Å². The number of halogens is 1. The maximum atomic E-state index is 12.0. The Morgan fingerprint density at radius 3 is 2.48 bits per heavy atom. The van der Waals surface area contributed by atoms with Crippen molar-refractivity contribution in [3.63, 3.8) is 0 Å². The van der Waals surface area contributed by atoms with E-state index in [9.17, 15) is 9.59 Å². The lowest BCUT2D eigenvalue weighted by Gasteiger charge is -2.21. The topological polar surface area (TPSA) is 58.2 Å². The zero-order chi connectivity index (χ0) is 16.5. The molecule has 4 nitrogen and oxygen atoms in total. The molecule has 1 aromatic carbocycles. The summed E-state index contributed by atoms with van der Waals surface area (Å²) >= 11 is 2.15. The fourth-order valence-corrected chi connectivity index (χ4v) is 3.65. The summed E-state index contributed by atoms with van der Waals surface area (Å²) in [5.41, 5.74) is 0.678. The third kappa shape index (κ3) is 6.49. The first kappa shape index (κ1) is 18.2. The second kappa shape index (κ2) is 9.90. The van der Waals surface area contributed by atoms with Crippen molar-refractivity contribution in [3.8, 4) is 0 Å². The molecule has 1 aromatic rings. The lowest BCUT2D eigenvalue weighted by molar-refractivity contribution is -0.121. The SMILES string of the molecule is O=C(CCC1CCCCC1)NCCNC(=O)c1ccccc1I. The van der Waals surface area contributed by atoms with Gasteiger partial charge in [-0.3, -0.25) is 9.59 Å². The third-order valence-electron chi connectivity index (χ3n) is 4.36. The number of carbonyl (C=O) groups excluding carboxylic acids is 2. The zero-order valence-corrected chi connectivity index (χ0v) is 15.6. The fraction of sp³-hybridized carbons (Fsp3) is 0.556. The van der Waals surface area contributed by atoms with Crippen LogP contribution in [-0.4, -0.2) is 24.9 Å². The van der Waals surface area contributed by atoms with Gasteiger partial charge in [0.05, 0.1) is 5.56 Å². The van der Waals surface area contributed by atoms with Crippen LogP contribution >= 0.6 is 22.6 Å². The average molecular weight is 428 g/mol. The number of benzene rings is 1. The molecule has 126 valence electrons. The molecule has 0 atom stereocenters. The number of rotatable bonds is 7. The molecule has 0 aromatic heterocycles. The van der Waals surface area contributed by atoms with Gasteiger partial charge in [-0.05, 0) is 47.1 Å². The second-order valence-corrected chi connectivity index (χ2v) is 7.29. The molecule has 2 amide bonds. The van der Waals surface area contributed by atoms with E-state index in [2.05, 4.69) is 33.2 Å². The van der Waals surface area contributed by atoms with Crippen LogP contribution in [0.5, 0.6) is 0 Å². The maximum absolute atomic E-state index is 12.0. The van der Waals surface area contributed by atoms with Gasteiger partial charge in [0.15, 0.2) is 0 Å². The van der Waals surface area contributed by atoms with Crippen LogP contribution < -0.4 is 10.6 Å². The van der Waals surface area contributed by atoms with Crippen LogP contribution in [0.1, 0.15) is 55.3 Å². The Balaban J connectivity index is 1.58. The normalized spacial score (nSPS) is 15.2. The van der Waals surface area contributed by atoms with Crippen molar-refractivity contribution in [1.82, 2.24) is 10.6 Å². The molecule has 0 spiro atoms. The predicted octanol–water partition coefficient (Wildman–Crippen LogP) is 3.50. The summed E-state index contributed by atoms with van der Waals surface area (Å²) < 4.78 is 0.930. The molecular weight excluding hydrogens is 403 g/mol. The van der Waals surface area contributed by atoms with Crippen LogP contribution in [0.3, 0.4) is 0 Å². The minimum Gasteiger partial charge on any atom is -0.354 e. The van der Waals surface area contributed by atoms with Crippen molar-refractivity contribution in [2.24, 2.45) is 5.92 Å². The molecule has 1 saturated carbocycles. The Morgan fingerprint density at radius 1 is 1.04 bits per heavy atom. The maximum Gasteiger partial charge on any atom is 0.252 e. The van der Waals surface area contributed by atoms with Gasteiger partial charge in [-0.1, -0.05) is 44.2 Å². The summed E-state index contributed by atoms with van der Waals surface area (Å²) in [6.45, 7) is 0.942. The van der Waals surface area contributed by atoms with Crippen molar-refractivity contribution in [2.75, 3.05) is 13.1 Å². The molecule has 0 saturated heterocycles. The van der Waals surface area contributed by atoms with Gasteiger partial charge < -0.3 is 10.6 Å². The summed E-state index contributed by atoms with van der Waals surface area (Å²) in [6.07, 6.45) is 8.14. The van der Waals surface area contributed by atoms with Gasteiger partial charge in [0.1, 0.15) is 0 Å². The molecule has 1 aliphatic rings. The molecule has 23 heavy (non-hydrogen) atoms. The third-order valence-corrected chi connectivity index (χ3v) is 5.30. The Labute approximate surface area is 151 Å². The van der Waals surface area contributed by atoms with Gasteiger partial charge in [-0.15, -0.1) is 0 Å². The lowest BCUT2D eigenvalue weighted by atomic mass is 9.86. The smallest absolute Gasteiger partial charge is 0.252 e. The van der Waals surface area contributed by atoms with E-state index in [-0.39, 0.29) is 11.8 Å². The lowest BCUT2D eigenvalue weighted by Crippen LogP contribution is -2.35. The molecule has 0 radical (unpaired) electrons. The molecular formula is C18H25IN2O2. The highest BCUT2D eigenvalue weighted by atomic mass is 127. The monoisotopic (exact) mass is 428 g/mol. The Bertz CT molecular complexity index is 528.